The second-order valence-electron chi connectivity index (χ2n) is 8.40. The fourth-order valence-corrected chi connectivity index (χ4v) is 5.96. The number of fused-ring (bicyclic) bond motifs is 1. The Morgan fingerprint density at radius 3 is 2.59 bits per heavy atom. The van der Waals surface area contributed by atoms with Gasteiger partial charge < -0.3 is 14.5 Å². The van der Waals surface area contributed by atoms with Crippen molar-refractivity contribution in [3.05, 3.63) is 64.8 Å². The number of carbonyl (C=O) groups is 2. The molecule has 1 atom stereocenters. The molecule has 0 N–H and O–H groups in total. The zero-order chi connectivity index (χ0) is 21.9. The van der Waals surface area contributed by atoms with Crippen LogP contribution in [0.15, 0.2) is 48.8 Å². The number of aromatic nitrogens is 1. The molecule has 2 aliphatic rings. The number of amides is 2. The van der Waals surface area contributed by atoms with E-state index in [0.717, 1.165) is 46.3 Å². The van der Waals surface area contributed by atoms with Gasteiger partial charge in [0.15, 0.2) is 0 Å². The van der Waals surface area contributed by atoms with E-state index in [1.165, 1.54) is 0 Å². The predicted molar refractivity (Wildman–Crippen MR) is 125 cm³/mol. The van der Waals surface area contributed by atoms with E-state index < -0.39 is 0 Å². The van der Waals surface area contributed by atoms with Gasteiger partial charge in [0.1, 0.15) is 0 Å². The van der Waals surface area contributed by atoms with Crippen LogP contribution in [0.4, 0.5) is 0 Å². The monoisotopic (exact) mass is 449 g/mol. The summed E-state index contributed by atoms with van der Waals surface area (Å²) in [6, 6.07) is 11.9. The van der Waals surface area contributed by atoms with Gasteiger partial charge in [0.2, 0.25) is 0 Å². The summed E-state index contributed by atoms with van der Waals surface area (Å²) in [6.07, 6.45) is 7.09. The quantitative estimate of drug-likeness (QED) is 0.604. The predicted octanol–water partition coefficient (Wildman–Crippen LogP) is 4.01. The van der Waals surface area contributed by atoms with Crippen molar-refractivity contribution < 1.29 is 14.3 Å². The number of rotatable bonds is 4. The molecule has 3 aromatic rings. The van der Waals surface area contributed by atoms with Crippen molar-refractivity contribution in [1.82, 2.24) is 14.8 Å². The Labute approximate surface area is 191 Å². The van der Waals surface area contributed by atoms with Crippen LogP contribution < -0.4 is 0 Å². The highest BCUT2D eigenvalue weighted by Crippen LogP contribution is 2.35. The smallest absolute Gasteiger partial charge is 0.264 e. The van der Waals surface area contributed by atoms with Crippen LogP contribution in [0.25, 0.3) is 10.1 Å². The maximum absolute atomic E-state index is 13.5. The van der Waals surface area contributed by atoms with Crippen LogP contribution in [-0.2, 0) is 11.2 Å². The molecule has 0 saturated carbocycles. The second-order valence-corrected chi connectivity index (χ2v) is 9.45. The van der Waals surface area contributed by atoms with E-state index in [0.29, 0.717) is 38.3 Å². The Hall–Kier alpha value is -2.77. The molecule has 5 rings (SSSR count). The normalized spacial score (nSPS) is 19.3. The Morgan fingerprint density at radius 2 is 1.78 bits per heavy atom. The molecular weight excluding hydrogens is 422 g/mol. The molecule has 4 heterocycles. The van der Waals surface area contributed by atoms with Gasteiger partial charge in [-0.3, -0.25) is 14.6 Å². The molecule has 0 spiro atoms. The van der Waals surface area contributed by atoms with Crippen molar-refractivity contribution in [2.45, 2.75) is 31.7 Å². The number of pyridine rings is 1. The van der Waals surface area contributed by atoms with Crippen LogP contribution in [0.1, 0.15) is 44.9 Å². The maximum Gasteiger partial charge on any atom is 0.264 e. The zero-order valence-electron chi connectivity index (χ0n) is 18.0. The van der Waals surface area contributed by atoms with E-state index in [9.17, 15) is 9.59 Å². The SMILES string of the molecule is O=C(c1sc2ccccc2c1C[C@H]1CCCCN1C(=O)c1ccncc1)N1CCOCC1. The summed E-state index contributed by atoms with van der Waals surface area (Å²) in [4.78, 5) is 35.5. The maximum atomic E-state index is 13.5. The number of nitrogens with zero attached hydrogens (tertiary/aromatic N) is 3. The highest BCUT2D eigenvalue weighted by atomic mass is 32.1. The minimum absolute atomic E-state index is 0.0534. The average Bonchev–Trinajstić information content (AvgIpc) is 3.23. The molecular formula is C25H27N3O3S. The Morgan fingerprint density at radius 1 is 1.00 bits per heavy atom. The lowest BCUT2D eigenvalue weighted by Crippen LogP contribution is -2.45. The number of thiophene rings is 1. The van der Waals surface area contributed by atoms with Crippen molar-refractivity contribution in [2.75, 3.05) is 32.8 Å². The van der Waals surface area contributed by atoms with Crippen molar-refractivity contribution in [1.29, 1.82) is 0 Å². The van der Waals surface area contributed by atoms with Gasteiger partial charge in [0, 0.05) is 48.3 Å². The lowest BCUT2D eigenvalue weighted by molar-refractivity contribution is 0.0305. The molecule has 2 fully saturated rings. The summed E-state index contributed by atoms with van der Waals surface area (Å²) in [7, 11) is 0. The Balaban J connectivity index is 1.48. The third-order valence-corrected chi connectivity index (χ3v) is 7.65. The highest BCUT2D eigenvalue weighted by molar-refractivity contribution is 7.21. The summed E-state index contributed by atoms with van der Waals surface area (Å²) in [5.74, 6) is 0.144. The van der Waals surface area contributed by atoms with Gasteiger partial charge in [-0.05, 0) is 54.8 Å². The average molecular weight is 450 g/mol. The summed E-state index contributed by atoms with van der Waals surface area (Å²) >= 11 is 1.58. The molecule has 166 valence electrons. The lowest BCUT2D eigenvalue weighted by Gasteiger charge is -2.36. The number of ether oxygens (including phenoxy) is 1. The molecule has 0 unspecified atom stereocenters. The first-order chi connectivity index (χ1) is 15.7. The molecule has 32 heavy (non-hydrogen) atoms. The molecule has 0 aliphatic carbocycles. The molecule has 0 bridgehead atoms. The number of hydrogen-bond donors (Lipinski definition) is 0. The first kappa shape index (κ1) is 21.1. The zero-order valence-corrected chi connectivity index (χ0v) is 18.9. The number of likely N-dealkylation sites (tertiary alicyclic amines) is 1. The third-order valence-electron chi connectivity index (χ3n) is 6.45. The van der Waals surface area contributed by atoms with Crippen molar-refractivity contribution in [2.24, 2.45) is 0 Å². The topological polar surface area (TPSA) is 62.7 Å². The van der Waals surface area contributed by atoms with Gasteiger partial charge in [-0.15, -0.1) is 11.3 Å². The molecule has 2 saturated heterocycles. The summed E-state index contributed by atoms with van der Waals surface area (Å²) < 4.78 is 6.57. The molecule has 2 aliphatic heterocycles. The van der Waals surface area contributed by atoms with E-state index in [2.05, 4.69) is 17.1 Å². The number of piperidine rings is 1. The minimum Gasteiger partial charge on any atom is -0.378 e. The second kappa shape index (κ2) is 9.38. The number of carbonyl (C=O) groups excluding carboxylic acids is 2. The first-order valence-corrected chi connectivity index (χ1v) is 12.1. The molecule has 2 amide bonds. The van der Waals surface area contributed by atoms with Crippen LogP contribution in [0.3, 0.4) is 0 Å². The van der Waals surface area contributed by atoms with Gasteiger partial charge in [-0.1, -0.05) is 18.2 Å². The van der Waals surface area contributed by atoms with Crippen LogP contribution in [0.5, 0.6) is 0 Å². The van der Waals surface area contributed by atoms with Gasteiger partial charge in [-0.2, -0.15) is 0 Å². The van der Waals surface area contributed by atoms with E-state index in [1.54, 1.807) is 35.9 Å². The molecule has 0 radical (unpaired) electrons. The van der Waals surface area contributed by atoms with Crippen LogP contribution >= 0.6 is 11.3 Å². The van der Waals surface area contributed by atoms with Gasteiger partial charge in [-0.25, -0.2) is 0 Å². The molecule has 6 nitrogen and oxygen atoms in total. The Kier molecular flexibility index (Phi) is 6.19. The lowest BCUT2D eigenvalue weighted by atomic mass is 9.93. The van der Waals surface area contributed by atoms with Crippen molar-refractivity contribution in [3.63, 3.8) is 0 Å². The van der Waals surface area contributed by atoms with Gasteiger partial charge in [0.25, 0.3) is 11.8 Å². The molecule has 2 aromatic heterocycles. The number of benzene rings is 1. The summed E-state index contributed by atoms with van der Waals surface area (Å²) in [6.45, 7) is 3.18. The van der Waals surface area contributed by atoms with Gasteiger partial charge >= 0.3 is 0 Å². The first-order valence-electron chi connectivity index (χ1n) is 11.3. The van der Waals surface area contributed by atoms with E-state index >= 15 is 0 Å². The standard InChI is InChI=1S/C25H27N3O3S/c29-24(18-8-10-26-11-9-18)28-12-4-3-5-19(28)17-21-20-6-1-2-7-22(20)32-23(21)25(30)27-13-15-31-16-14-27/h1-2,6-11,19H,3-5,12-17H2/t19-/m1/s1. The van der Waals surface area contributed by atoms with Gasteiger partial charge in [0.05, 0.1) is 18.1 Å². The van der Waals surface area contributed by atoms with Crippen molar-refractivity contribution >= 4 is 33.2 Å². The van der Waals surface area contributed by atoms with Crippen LogP contribution in [0.2, 0.25) is 0 Å². The summed E-state index contributed by atoms with van der Waals surface area (Å²) in [5.41, 5.74) is 1.76. The minimum atomic E-state index is 0.0534. The van der Waals surface area contributed by atoms with Crippen LogP contribution in [-0.4, -0.2) is 65.5 Å². The largest absolute Gasteiger partial charge is 0.378 e. The van der Waals surface area contributed by atoms with Crippen molar-refractivity contribution in [3.8, 4) is 0 Å². The fraction of sp³-hybridized carbons (Fsp3) is 0.400. The highest BCUT2D eigenvalue weighted by Gasteiger charge is 2.31. The summed E-state index contributed by atoms with van der Waals surface area (Å²) in [5, 5.41) is 1.14. The Bertz CT molecular complexity index is 1110. The van der Waals surface area contributed by atoms with E-state index in [1.807, 2.05) is 21.9 Å². The third kappa shape index (κ3) is 4.14. The number of morpholine rings is 1. The number of hydrogen-bond acceptors (Lipinski definition) is 5. The van der Waals surface area contributed by atoms with E-state index in [4.69, 9.17) is 4.74 Å². The fourth-order valence-electron chi connectivity index (χ4n) is 4.76. The van der Waals surface area contributed by atoms with E-state index in [-0.39, 0.29) is 17.9 Å². The molecule has 1 aromatic carbocycles. The van der Waals surface area contributed by atoms with Crippen LogP contribution in [0, 0.1) is 0 Å². The molecule has 7 heteroatoms.